The molecule has 0 bridgehead atoms. The number of aromatic nitrogens is 3. The summed E-state index contributed by atoms with van der Waals surface area (Å²) in [6, 6.07) is 16.1. The third-order valence-corrected chi connectivity index (χ3v) is 4.56. The summed E-state index contributed by atoms with van der Waals surface area (Å²) in [6.07, 6.45) is 1.44. The van der Waals surface area contributed by atoms with E-state index < -0.39 is 5.97 Å². The van der Waals surface area contributed by atoms with Crippen molar-refractivity contribution in [3.63, 3.8) is 0 Å². The number of nitrogens with zero attached hydrogens (tertiary/aromatic N) is 3. The maximum atomic E-state index is 12.7. The second-order valence-electron chi connectivity index (χ2n) is 6.23. The van der Waals surface area contributed by atoms with Crippen LogP contribution in [0.2, 0.25) is 0 Å². The van der Waals surface area contributed by atoms with Gasteiger partial charge in [0, 0.05) is 11.8 Å². The van der Waals surface area contributed by atoms with E-state index in [-0.39, 0.29) is 28.2 Å². The molecule has 0 aliphatic rings. The number of hydrogen-bond donors (Lipinski definition) is 2. The van der Waals surface area contributed by atoms with Crippen LogP contribution < -0.4 is 11.3 Å². The smallest absolute Gasteiger partial charge is 0.357 e. The van der Waals surface area contributed by atoms with E-state index in [9.17, 15) is 14.9 Å². The van der Waals surface area contributed by atoms with E-state index in [4.69, 9.17) is 10.5 Å². The molecule has 0 aliphatic heterocycles. The Kier molecular flexibility index (Phi) is 4.33. The van der Waals surface area contributed by atoms with E-state index in [1.807, 2.05) is 18.2 Å². The molecule has 29 heavy (non-hydrogen) atoms. The van der Waals surface area contributed by atoms with Crippen LogP contribution >= 0.6 is 0 Å². The molecule has 0 unspecified atom stereocenters. The van der Waals surface area contributed by atoms with Crippen LogP contribution in [0, 0.1) is 11.3 Å². The molecule has 2 aromatic heterocycles. The highest BCUT2D eigenvalue weighted by molar-refractivity contribution is 5.96. The molecule has 8 heteroatoms. The summed E-state index contributed by atoms with van der Waals surface area (Å²) in [4.78, 5) is 32.4. The summed E-state index contributed by atoms with van der Waals surface area (Å²) in [5.74, 6) is -0.695. The van der Waals surface area contributed by atoms with Gasteiger partial charge in [-0.2, -0.15) is 5.26 Å². The number of fused-ring (bicyclic) bond motifs is 1. The molecule has 0 spiro atoms. The zero-order valence-electron chi connectivity index (χ0n) is 15.3. The Labute approximate surface area is 164 Å². The van der Waals surface area contributed by atoms with Crippen molar-refractivity contribution in [2.45, 2.75) is 0 Å². The number of carbonyl (C=O) groups is 1. The maximum Gasteiger partial charge on any atom is 0.357 e. The number of carbonyl (C=O) groups excluding carboxylic acids is 1. The molecule has 142 valence electrons. The number of anilines is 1. The fourth-order valence-electron chi connectivity index (χ4n) is 3.20. The molecule has 2 aromatic carbocycles. The van der Waals surface area contributed by atoms with Gasteiger partial charge in [0.25, 0.3) is 5.56 Å². The quantitative estimate of drug-likeness (QED) is 0.522. The average Bonchev–Trinajstić information content (AvgIpc) is 3.08. The van der Waals surface area contributed by atoms with Crippen LogP contribution in [-0.2, 0) is 4.74 Å². The van der Waals surface area contributed by atoms with E-state index in [2.05, 4.69) is 9.97 Å². The third-order valence-electron chi connectivity index (χ3n) is 4.56. The van der Waals surface area contributed by atoms with Crippen molar-refractivity contribution in [2.75, 3.05) is 12.8 Å². The third kappa shape index (κ3) is 2.91. The molecule has 8 nitrogen and oxygen atoms in total. The minimum atomic E-state index is -0.695. The van der Waals surface area contributed by atoms with Crippen molar-refractivity contribution < 1.29 is 9.53 Å². The number of methoxy groups -OCH3 is 1. The molecule has 0 saturated carbocycles. The van der Waals surface area contributed by atoms with Gasteiger partial charge >= 0.3 is 5.97 Å². The molecule has 0 radical (unpaired) electrons. The number of rotatable bonds is 3. The number of hydrogen-bond acceptors (Lipinski definition) is 6. The lowest BCUT2D eigenvalue weighted by Crippen LogP contribution is -2.15. The Morgan fingerprint density at radius 1 is 1.21 bits per heavy atom. The van der Waals surface area contributed by atoms with Crippen molar-refractivity contribution in [3.05, 3.63) is 76.3 Å². The zero-order chi connectivity index (χ0) is 20.5. The van der Waals surface area contributed by atoms with Crippen molar-refractivity contribution in [2.24, 2.45) is 0 Å². The van der Waals surface area contributed by atoms with Gasteiger partial charge in [0.2, 0.25) is 0 Å². The Balaban J connectivity index is 2.02. The zero-order valence-corrected chi connectivity index (χ0v) is 15.3. The first-order chi connectivity index (χ1) is 14.0. The largest absolute Gasteiger partial charge is 0.464 e. The van der Waals surface area contributed by atoms with Crippen LogP contribution in [-0.4, -0.2) is 27.6 Å². The van der Waals surface area contributed by atoms with E-state index in [1.165, 1.54) is 17.9 Å². The molecular weight excluding hydrogens is 370 g/mol. The van der Waals surface area contributed by atoms with Gasteiger partial charge in [-0.15, -0.1) is 0 Å². The first-order valence-corrected chi connectivity index (χ1v) is 8.63. The second kappa shape index (κ2) is 6.98. The van der Waals surface area contributed by atoms with Gasteiger partial charge in [0.15, 0.2) is 5.69 Å². The molecule has 0 saturated heterocycles. The monoisotopic (exact) mass is 385 g/mol. The number of nitrogens with one attached hydrogen (secondary N) is 1. The van der Waals surface area contributed by atoms with E-state index in [0.717, 1.165) is 0 Å². The van der Waals surface area contributed by atoms with Crippen LogP contribution in [0.15, 0.2) is 59.5 Å². The number of nitriles is 1. The highest BCUT2D eigenvalue weighted by Crippen LogP contribution is 2.30. The molecule has 4 rings (SSSR count). The van der Waals surface area contributed by atoms with Gasteiger partial charge in [-0.1, -0.05) is 30.3 Å². The van der Waals surface area contributed by atoms with Gasteiger partial charge in [0.05, 0.1) is 35.1 Å². The molecule has 3 N–H and O–H groups in total. The predicted molar refractivity (Wildman–Crippen MR) is 108 cm³/mol. The molecule has 0 amide bonds. The van der Waals surface area contributed by atoms with Crippen LogP contribution in [0.3, 0.4) is 0 Å². The number of H-pyrrole nitrogens is 1. The van der Waals surface area contributed by atoms with Crippen LogP contribution in [0.25, 0.3) is 28.0 Å². The van der Waals surface area contributed by atoms with E-state index >= 15 is 0 Å². The predicted octanol–water partition coefficient (Wildman–Crippen LogP) is 2.62. The van der Waals surface area contributed by atoms with Gasteiger partial charge in [-0.05, 0) is 18.2 Å². The number of nitrogen functional groups attached to an aromatic ring is 1. The normalized spacial score (nSPS) is 10.6. The van der Waals surface area contributed by atoms with Crippen molar-refractivity contribution >= 4 is 22.7 Å². The number of nitrogens with two attached hydrogens (primary N) is 1. The summed E-state index contributed by atoms with van der Waals surface area (Å²) >= 11 is 0. The molecule has 4 aromatic rings. The Hall–Kier alpha value is -4.38. The maximum absolute atomic E-state index is 12.7. The van der Waals surface area contributed by atoms with Gasteiger partial charge < -0.3 is 20.0 Å². The number of benzene rings is 2. The Bertz CT molecular complexity index is 1360. The molecule has 0 atom stereocenters. The summed E-state index contributed by atoms with van der Waals surface area (Å²) < 4.78 is 6.28. The van der Waals surface area contributed by atoms with Crippen molar-refractivity contribution in [3.8, 4) is 23.0 Å². The highest BCUT2D eigenvalue weighted by Gasteiger charge is 2.24. The molecule has 2 heterocycles. The van der Waals surface area contributed by atoms with Crippen molar-refractivity contribution in [1.82, 2.24) is 14.5 Å². The fraction of sp³-hybridized carbons (Fsp3) is 0.0476. The number of esters is 1. The van der Waals surface area contributed by atoms with E-state index in [1.54, 1.807) is 36.4 Å². The lowest BCUT2D eigenvalue weighted by molar-refractivity contribution is 0.0593. The molecule has 0 fully saturated rings. The van der Waals surface area contributed by atoms with Crippen molar-refractivity contribution in [1.29, 1.82) is 5.26 Å². The number of aromatic amines is 1. The summed E-state index contributed by atoms with van der Waals surface area (Å²) in [7, 11) is 1.23. The molecular formula is C21H15N5O3. The second-order valence-corrected chi connectivity index (χ2v) is 6.23. The number of ether oxygens (including phenoxy) is 1. The molecule has 0 aliphatic carbocycles. The first kappa shape index (κ1) is 18.0. The first-order valence-electron chi connectivity index (χ1n) is 8.63. The lowest BCUT2D eigenvalue weighted by atomic mass is 10.1. The Morgan fingerprint density at radius 2 is 1.93 bits per heavy atom. The van der Waals surface area contributed by atoms with Crippen LogP contribution in [0.1, 0.15) is 16.1 Å². The summed E-state index contributed by atoms with van der Waals surface area (Å²) in [5, 5.41) is 9.34. The number of para-hydroxylation sites is 3. The van der Waals surface area contributed by atoms with Gasteiger partial charge in [0.1, 0.15) is 11.8 Å². The van der Waals surface area contributed by atoms with E-state index in [0.29, 0.717) is 22.3 Å². The van der Waals surface area contributed by atoms with Gasteiger partial charge in [-0.3, -0.25) is 4.79 Å². The standard InChI is InChI=1S/C21H15N5O3/c1-29-21(28)19-17(23)12(10-22)11-26(19)16-9-5-2-6-13(16)18-20(27)25-15-8-4-3-7-14(15)24-18/h2-9,11H,23H2,1H3,(H,25,27). The minimum absolute atomic E-state index is 0.00807. The van der Waals surface area contributed by atoms with Crippen LogP contribution in [0.5, 0.6) is 0 Å². The van der Waals surface area contributed by atoms with Crippen LogP contribution in [0.4, 0.5) is 5.69 Å². The topological polar surface area (TPSA) is 127 Å². The minimum Gasteiger partial charge on any atom is -0.464 e. The SMILES string of the molecule is COC(=O)c1c(N)c(C#N)cn1-c1ccccc1-c1nc2ccccc2[nH]c1=O. The van der Waals surface area contributed by atoms with Gasteiger partial charge in [-0.25, -0.2) is 9.78 Å². The fourth-order valence-corrected chi connectivity index (χ4v) is 3.20. The lowest BCUT2D eigenvalue weighted by Gasteiger charge is -2.13. The average molecular weight is 385 g/mol. The highest BCUT2D eigenvalue weighted by atomic mass is 16.5. The summed E-state index contributed by atoms with van der Waals surface area (Å²) in [6.45, 7) is 0. The Morgan fingerprint density at radius 3 is 2.69 bits per heavy atom. The summed E-state index contributed by atoms with van der Waals surface area (Å²) in [5.41, 5.74) is 8.12.